The lowest BCUT2D eigenvalue weighted by Gasteiger charge is -2.21. The first-order valence-corrected chi connectivity index (χ1v) is 13.5. The number of benzene rings is 3. The zero-order valence-corrected chi connectivity index (χ0v) is 22.5. The van der Waals surface area contributed by atoms with Gasteiger partial charge in [-0.25, -0.2) is 9.97 Å². The van der Waals surface area contributed by atoms with E-state index in [9.17, 15) is 9.59 Å². The smallest absolute Gasteiger partial charge is 0.227 e. The maximum atomic E-state index is 13.0. The van der Waals surface area contributed by atoms with Crippen LogP contribution in [-0.4, -0.2) is 55.1 Å². The van der Waals surface area contributed by atoms with E-state index in [1.807, 2.05) is 54.3 Å². The lowest BCUT2D eigenvalue weighted by molar-refractivity contribution is -0.131. The van der Waals surface area contributed by atoms with Crippen LogP contribution in [0.1, 0.15) is 43.9 Å². The molecular formula is C31H34N6O2. The molecule has 5 rings (SSSR count). The first kappa shape index (κ1) is 26.2. The van der Waals surface area contributed by atoms with E-state index in [1.165, 1.54) is 0 Å². The molecule has 200 valence electrons. The highest BCUT2D eigenvalue weighted by Crippen LogP contribution is 2.27. The highest BCUT2D eigenvalue weighted by molar-refractivity contribution is 5.86. The second-order valence-electron chi connectivity index (χ2n) is 9.88. The number of hydrogen-bond donors (Lipinski definition) is 2. The molecule has 0 fully saturated rings. The summed E-state index contributed by atoms with van der Waals surface area (Å²) in [6.45, 7) is 6.43. The van der Waals surface area contributed by atoms with Gasteiger partial charge in [0, 0.05) is 13.1 Å². The maximum Gasteiger partial charge on any atom is 0.227 e. The normalized spacial score (nSPS) is 11.2. The molecule has 0 aliphatic carbocycles. The molecule has 2 heterocycles. The summed E-state index contributed by atoms with van der Waals surface area (Å²) in [5.41, 5.74) is 6.72. The van der Waals surface area contributed by atoms with Crippen LogP contribution in [0, 0.1) is 0 Å². The second-order valence-corrected chi connectivity index (χ2v) is 9.88. The van der Waals surface area contributed by atoms with Crippen LogP contribution < -0.4 is 0 Å². The van der Waals surface area contributed by atoms with Gasteiger partial charge in [-0.05, 0) is 53.8 Å². The minimum absolute atomic E-state index is 0.0994. The summed E-state index contributed by atoms with van der Waals surface area (Å²) < 4.78 is 0. The van der Waals surface area contributed by atoms with Crippen LogP contribution in [0.5, 0.6) is 0 Å². The highest BCUT2D eigenvalue weighted by atomic mass is 16.2. The van der Waals surface area contributed by atoms with Crippen LogP contribution in [0.3, 0.4) is 0 Å². The molecule has 0 aliphatic heterocycles. The predicted octanol–water partition coefficient (Wildman–Crippen LogP) is 5.46. The molecule has 0 saturated heterocycles. The van der Waals surface area contributed by atoms with Crippen LogP contribution in [0.4, 0.5) is 0 Å². The number of imidazole rings is 2. The van der Waals surface area contributed by atoms with E-state index in [-0.39, 0.29) is 5.91 Å². The van der Waals surface area contributed by atoms with Crippen molar-refractivity contribution in [3.8, 4) is 11.1 Å². The van der Waals surface area contributed by atoms with Gasteiger partial charge < -0.3 is 19.8 Å². The number of aromatic amines is 2. The van der Waals surface area contributed by atoms with Crippen molar-refractivity contribution in [1.82, 2.24) is 29.7 Å². The fraction of sp³-hybridized carbons (Fsp3) is 0.290. The minimum atomic E-state index is 0.0994. The Balaban J connectivity index is 1.34. The SMILES string of the molecule is CCCN(C=O)Cc1nc2ccc(-c3ccc4[nH]c(CN(CCC)C(=O)Cc5ccccc5)nc4c3)cc2[nH]1. The molecule has 8 nitrogen and oxygen atoms in total. The molecule has 0 bridgehead atoms. The molecule has 0 aliphatic rings. The molecule has 0 unspecified atom stereocenters. The number of carbonyl (C=O) groups excluding carboxylic acids is 2. The standard InChI is InChI=1S/C31H34N6O2/c1-3-14-36(21-38)19-29-32-25-12-10-23(17-27(25)34-29)24-11-13-26-28(18-24)35-30(33-26)20-37(15-4-2)31(39)16-22-8-6-5-7-9-22/h5-13,17-18,21H,3-4,14-16,19-20H2,1-2H3,(H,32,34)(H,33,35). The molecule has 0 saturated carbocycles. The Morgan fingerprint density at radius 2 is 1.49 bits per heavy atom. The Morgan fingerprint density at radius 1 is 0.795 bits per heavy atom. The third kappa shape index (κ3) is 6.17. The Morgan fingerprint density at radius 3 is 2.26 bits per heavy atom. The van der Waals surface area contributed by atoms with Gasteiger partial charge in [0.25, 0.3) is 0 Å². The molecule has 3 aromatic carbocycles. The van der Waals surface area contributed by atoms with Crippen LogP contribution in [0.25, 0.3) is 33.2 Å². The molecule has 5 aromatic rings. The molecule has 0 radical (unpaired) electrons. The minimum Gasteiger partial charge on any atom is -0.340 e. The van der Waals surface area contributed by atoms with Crippen molar-refractivity contribution in [2.45, 2.75) is 46.2 Å². The van der Waals surface area contributed by atoms with E-state index in [1.54, 1.807) is 4.90 Å². The van der Waals surface area contributed by atoms with Gasteiger partial charge in [-0.1, -0.05) is 56.3 Å². The lowest BCUT2D eigenvalue weighted by atomic mass is 10.0. The van der Waals surface area contributed by atoms with Gasteiger partial charge in [0.1, 0.15) is 11.6 Å². The second kappa shape index (κ2) is 11.9. The molecule has 39 heavy (non-hydrogen) atoms. The van der Waals surface area contributed by atoms with E-state index in [0.717, 1.165) is 69.7 Å². The predicted molar refractivity (Wildman–Crippen MR) is 154 cm³/mol. The van der Waals surface area contributed by atoms with Gasteiger partial charge in [0.15, 0.2) is 0 Å². The van der Waals surface area contributed by atoms with Crippen molar-refractivity contribution in [2.75, 3.05) is 13.1 Å². The Kier molecular flexibility index (Phi) is 8.01. The van der Waals surface area contributed by atoms with Crippen molar-refractivity contribution in [2.24, 2.45) is 0 Å². The third-order valence-electron chi connectivity index (χ3n) is 6.79. The molecule has 2 amide bonds. The summed E-state index contributed by atoms with van der Waals surface area (Å²) in [6, 6.07) is 22.2. The van der Waals surface area contributed by atoms with Crippen LogP contribution in [0.15, 0.2) is 66.7 Å². The van der Waals surface area contributed by atoms with Crippen LogP contribution in [0.2, 0.25) is 0 Å². The number of rotatable bonds is 12. The first-order valence-electron chi connectivity index (χ1n) is 13.5. The Labute approximate surface area is 228 Å². The van der Waals surface area contributed by atoms with Gasteiger partial charge >= 0.3 is 0 Å². The fourth-order valence-electron chi connectivity index (χ4n) is 4.90. The zero-order valence-electron chi connectivity index (χ0n) is 22.5. The lowest BCUT2D eigenvalue weighted by Crippen LogP contribution is -2.33. The topological polar surface area (TPSA) is 98.0 Å². The van der Waals surface area contributed by atoms with Crippen molar-refractivity contribution in [1.29, 1.82) is 0 Å². The number of nitrogens with one attached hydrogen (secondary N) is 2. The molecule has 0 atom stereocenters. The number of carbonyl (C=O) groups is 2. The van der Waals surface area contributed by atoms with Gasteiger partial charge in [-0.15, -0.1) is 0 Å². The van der Waals surface area contributed by atoms with Crippen molar-refractivity contribution in [3.05, 3.63) is 83.9 Å². The molecule has 2 N–H and O–H groups in total. The average molecular weight is 523 g/mol. The van der Waals surface area contributed by atoms with E-state index in [0.29, 0.717) is 32.6 Å². The summed E-state index contributed by atoms with van der Waals surface area (Å²) in [5.74, 6) is 1.65. The summed E-state index contributed by atoms with van der Waals surface area (Å²) in [5, 5.41) is 0. The first-order chi connectivity index (χ1) is 19.1. The van der Waals surface area contributed by atoms with Gasteiger partial charge in [-0.3, -0.25) is 9.59 Å². The zero-order chi connectivity index (χ0) is 27.2. The number of amides is 2. The number of H-pyrrole nitrogens is 2. The highest BCUT2D eigenvalue weighted by Gasteiger charge is 2.16. The summed E-state index contributed by atoms with van der Waals surface area (Å²) in [7, 11) is 0. The van der Waals surface area contributed by atoms with E-state index >= 15 is 0 Å². The number of fused-ring (bicyclic) bond motifs is 2. The summed E-state index contributed by atoms with van der Waals surface area (Å²) in [4.78, 5) is 44.2. The number of nitrogens with zero attached hydrogens (tertiary/aromatic N) is 4. The Bertz CT molecular complexity index is 1570. The number of hydrogen-bond acceptors (Lipinski definition) is 4. The van der Waals surface area contributed by atoms with Crippen molar-refractivity contribution in [3.63, 3.8) is 0 Å². The molecule has 2 aromatic heterocycles. The van der Waals surface area contributed by atoms with Gasteiger partial charge in [-0.2, -0.15) is 0 Å². The van der Waals surface area contributed by atoms with Crippen LogP contribution >= 0.6 is 0 Å². The van der Waals surface area contributed by atoms with Crippen molar-refractivity contribution < 1.29 is 9.59 Å². The van der Waals surface area contributed by atoms with E-state index in [4.69, 9.17) is 4.98 Å². The van der Waals surface area contributed by atoms with Gasteiger partial charge in [0.2, 0.25) is 12.3 Å². The van der Waals surface area contributed by atoms with Crippen molar-refractivity contribution >= 4 is 34.4 Å². The quantitative estimate of drug-likeness (QED) is 0.213. The fourth-order valence-corrected chi connectivity index (χ4v) is 4.90. The third-order valence-corrected chi connectivity index (χ3v) is 6.79. The average Bonchev–Trinajstić information content (AvgIpc) is 3.55. The molecule has 8 heteroatoms. The van der Waals surface area contributed by atoms with Crippen LogP contribution in [-0.2, 0) is 29.1 Å². The molecular weight excluding hydrogens is 488 g/mol. The van der Waals surface area contributed by atoms with Gasteiger partial charge in [0.05, 0.1) is 41.6 Å². The Hall–Kier alpha value is -4.46. The largest absolute Gasteiger partial charge is 0.340 e. The van der Waals surface area contributed by atoms with E-state index in [2.05, 4.69) is 46.1 Å². The monoisotopic (exact) mass is 522 g/mol. The molecule has 0 spiro atoms. The summed E-state index contributed by atoms with van der Waals surface area (Å²) >= 11 is 0. The number of aromatic nitrogens is 4. The van der Waals surface area contributed by atoms with E-state index < -0.39 is 0 Å². The summed E-state index contributed by atoms with van der Waals surface area (Å²) in [6.07, 6.45) is 3.04. The maximum absolute atomic E-state index is 13.0.